The van der Waals surface area contributed by atoms with E-state index in [0.29, 0.717) is 17.6 Å². The van der Waals surface area contributed by atoms with E-state index in [-0.39, 0.29) is 5.75 Å². The largest absolute Gasteiger partial charge is 0.508 e. The number of aromatic hydroxyl groups is 1. The molecule has 16 heavy (non-hydrogen) atoms. The van der Waals surface area contributed by atoms with Crippen molar-refractivity contribution in [1.82, 2.24) is 5.32 Å². The van der Waals surface area contributed by atoms with Gasteiger partial charge in [0.1, 0.15) is 5.75 Å². The second kappa shape index (κ2) is 5.53. The van der Waals surface area contributed by atoms with E-state index >= 15 is 0 Å². The van der Waals surface area contributed by atoms with Gasteiger partial charge in [-0.1, -0.05) is 17.7 Å². The topological polar surface area (TPSA) is 41.5 Å². The lowest BCUT2D eigenvalue weighted by atomic mass is 10.1. The molecule has 3 nitrogen and oxygen atoms in total. The first-order valence-electron chi connectivity index (χ1n) is 5.55. The lowest BCUT2D eigenvalue weighted by molar-refractivity contribution is 0.0775. The minimum Gasteiger partial charge on any atom is -0.508 e. The van der Waals surface area contributed by atoms with Crippen molar-refractivity contribution in [2.45, 2.75) is 25.4 Å². The standard InChI is InChI=1S/C12H16ClNO2/c13-11-2-1-3-12(15)10(11)8-14-9-4-6-16-7-5-9/h1-3,9,14-15H,4-8H2. The number of benzene rings is 1. The van der Waals surface area contributed by atoms with E-state index in [9.17, 15) is 5.11 Å². The number of ether oxygens (including phenoxy) is 1. The molecule has 0 radical (unpaired) electrons. The highest BCUT2D eigenvalue weighted by molar-refractivity contribution is 6.31. The highest BCUT2D eigenvalue weighted by atomic mass is 35.5. The third-order valence-electron chi connectivity index (χ3n) is 2.88. The third-order valence-corrected chi connectivity index (χ3v) is 3.24. The van der Waals surface area contributed by atoms with Crippen LogP contribution in [0.15, 0.2) is 18.2 Å². The first kappa shape index (κ1) is 11.7. The zero-order valence-electron chi connectivity index (χ0n) is 9.08. The zero-order valence-corrected chi connectivity index (χ0v) is 9.83. The fraction of sp³-hybridized carbons (Fsp3) is 0.500. The molecule has 0 bridgehead atoms. The van der Waals surface area contributed by atoms with Crippen LogP contribution < -0.4 is 5.32 Å². The van der Waals surface area contributed by atoms with Gasteiger partial charge in [-0.3, -0.25) is 0 Å². The smallest absolute Gasteiger partial charge is 0.121 e. The molecule has 4 heteroatoms. The van der Waals surface area contributed by atoms with Crippen LogP contribution in [0, 0.1) is 0 Å². The molecule has 0 saturated carbocycles. The van der Waals surface area contributed by atoms with Crippen LogP contribution in [0.4, 0.5) is 0 Å². The highest BCUT2D eigenvalue weighted by Crippen LogP contribution is 2.25. The van der Waals surface area contributed by atoms with Crippen LogP contribution in [0.2, 0.25) is 5.02 Å². The number of hydrogen-bond donors (Lipinski definition) is 2. The van der Waals surface area contributed by atoms with E-state index in [4.69, 9.17) is 16.3 Å². The van der Waals surface area contributed by atoms with Crippen molar-refractivity contribution >= 4 is 11.6 Å². The van der Waals surface area contributed by atoms with E-state index in [1.54, 1.807) is 18.2 Å². The Kier molecular flexibility index (Phi) is 4.04. The van der Waals surface area contributed by atoms with Crippen LogP contribution in [0.25, 0.3) is 0 Å². The van der Waals surface area contributed by atoms with Crippen molar-refractivity contribution < 1.29 is 9.84 Å². The number of phenolic OH excluding ortho intramolecular Hbond substituents is 1. The van der Waals surface area contributed by atoms with Crippen molar-refractivity contribution in [2.24, 2.45) is 0 Å². The molecular formula is C12H16ClNO2. The summed E-state index contributed by atoms with van der Waals surface area (Å²) in [4.78, 5) is 0. The van der Waals surface area contributed by atoms with Crippen LogP contribution in [-0.4, -0.2) is 24.4 Å². The Morgan fingerprint density at radius 1 is 1.38 bits per heavy atom. The lowest BCUT2D eigenvalue weighted by Crippen LogP contribution is -2.34. The number of hydrogen-bond acceptors (Lipinski definition) is 3. The Hall–Kier alpha value is -0.770. The summed E-state index contributed by atoms with van der Waals surface area (Å²) in [6.45, 7) is 2.23. The number of rotatable bonds is 3. The third kappa shape index (κ3) is 2.88. The minimum atomic E-state index is 0.257. The van der Waals surface area contributed by atoms with Crippen LogP contribution in [0.3, 0.4) is 0 Å². The number of phenols is 1. The molecule has 0 amide bonds. The summed E-state index contributed by atoms with van der Waals surface area (Å²) in [5.74, 6) is 0.257. The van der Waals surface area contributed by atoms with E-state index in [1.807, 2.05) is 0 Å². The summed E-state index contributed by atoms with van der Waals surface area (Å²) in [5, 5.41) is 13.7. The predicted octanol–water partition coefficient (Wildman–Crippen LogP) is 2.31. The average molecular weight is 242 g/mol. The molecule has 0 aromatic heterocycles. The van der Waals surface area contributed by atoms with Gasteiger partial charge in [0.25, 0.3) is 0 Å². The van der Waals surface area contributed by atoms with Gasteiger partial charge in [-0.25, -0.2) is 0 Å². The quantitative estimate of drug-likeness (QED) is 0.854. The van der Waals surface area contributed by atoms with Crippen LogP contribution in [0.5, 0.6) is 5.75 Å². The highest BCUT2D eigenvalue weighted by Gasteiger charge is 2.14. The van der Waals surface area contributed by atoms with Gasteiger partial charge in [-0.2, -0.15) is 0 Å². The first-order chi connectivity index (χ1) is 7.77. The van der Waals surface area contributed by atoms with E-state index < -0.39 is 0 Å². The van der Waals surface area contributed by atoms with Crippen molar-refractivity contribution in [1.29, 1.82) is 0 Å². The van der Waals surface area contributed by atoms with Gasteiger partial charge in [-0.15, -0.1) is 0 Å². The Morgan fingerprint density at radius 3 is 2.81 bits per heavy atom. The van der Waals surface area contributed by atoms with Crippen LogP contribution >= 0.6 is 11.6 Å². The molecule has 0 aliphatic carbocycles. The van der Waals surface area contributed by atoms with Gasteiger partial charge in [0.2, 0.25) is 0 Å². The van der Waals surface area contributed by atoms with E-state index in [1.165, 1.54) is 0 Å². The molecule has 1 aromatic rings. The molecule has 1 aliphatic heterocycles. The predicted molar refractivity (Wildman–Crippen MR) is 63.8 cm³/mol. The van der Waals surface area contributed by atoms with Gasteiger partial charge in [0.15, 0.2) is 0 Å². The summed E-state index contributed by atoms with van der Waals surface area (Å²) in [5.41, 5.74) is 0.774. The van der Waals surface area contributed by atoms with Gasteiger partial charge in [-0.05, 0) is 25.0 Å². The van der Waals surface area contributed by atoms with Crippen molar-refractivity contribution in [2.75, 3.05) is 13.2 Å². The average Bonchev–Trinajstić information content (AvgIpc) is 2.30. The fourth-order valence-electron chi connectivity index (χ4n) is 1.87. The van der Waals surface area contributed by atoms with Crippen molar-refractivity contribution in [3.05, 3.63) is 28.8 Å². The Morgan fingerprint density at radius 2 is 2.12 bits per heavy atom. The lowest BCUT2D eigenvalue weighted by Gasteiger charge is -2.23. The fourth-order valence-corrected chi connectivity index (χ4v) is 2.11. The molecule has 1 aliphatic rings. The Labute approximate surface area is 100 Å². The maximum Gasteiger partial charge on any atom is 0.121 e. The molecule has 2 rings (SSSR count). The maximum absolute atomic E-state index is 9.67. The minimum absolute atomic E-state index is 0.257. The van der Waals surface area contributed by atoms with Crippen LogP contribution in [0.1, 0.15) is 18.4 Å². The van der Waals surface area contributed by atoms with E-state index in [0.717, 1.165) is 31.6 Å². The molecule has 1 aromatic carbocycles. The van der Waals surface area contributed by atoms with Crippen LogP contribution in [-0.2, 0) is 11.3 Å². The zero-order chi connectivity index (χ0) is 11.4. The van der Waals surface area contributed by atoms with Gasteiger partial charge < -0.3 is 15.2 Å². The number of nitrogens with one attached hydrogen (secondary N) is 1. The SMILES string of the molecule is Oc1cccc(Cl)c1CNC1CCOCC1. The summed E-state index contributed by atoms with van der Waals surface area (Å²) >= 11 is 6.02. The molecule has 2 N–H and O–H groups in total. The second-order valence-electron chi connectivity index (χ2n) is 4.01. The van der Waals surface area contributed by atoms with Gasteiger partial charge >= 0.3 is 0 Å². The summed E-state index contributed by atoms with van der Waals surface area (Å²) in [6, 6.07) is 5.66. The second-order valence-corrected chi connectivity index (χ2v) is 4.41. The summed E-state index contributed by atoms with van der Waals surface area (Å²) in [6.07, 6.45) is 2.04. The Balaban J connectivity index is 1.93. The molecule has 88 valence electrons. The van der Waals surface area contributed by atoms with Crippen molar-refractivity contribution in [3.63, 3.8) is 0 Å². The summed E-state index contributed by atoms with van der Waals surface area (Å²) < 4.78 is 5.28. The molecule has 1 heterocycles. The Bertz CT molecular complexity index is 331. The van der Waals surface area contributed by atoms with E-state index in [2.05, 4.69) is 5.32 Å². The summed E-state index contributed by atoms with van der Waals surface area (Å²) in [7, 11) is 0. The maximum atomic E-state index is 9.67. The monoisotopic (exact) mass is 241 g/mol. The first-order valence-corrected chi connectivity index (χ1v) is 5.92. The molecule has 1 fully saturated rings. The van der Waals surface area contributed by atoms with Crippen molar-refractivity contribution in [3.8, 4) is 5.75 Å². The number of halogens is 1. The van der Waals surface area contributed by atoms with Gasteiger partial charge in [0.05, 0.1) is 0 Å². The van der Waals surface area contributed by atoms with Gasteiger partial charge in [0, 0.05) is 36.4 Å². The molecule has 0 atom stereocenters. The normalized spacial score (nSPS) is 17.6. The molecular weight excluding hydrogens is 226 g/mol. The molecule has 1 saturated heterocycles. The molecule has 0 spiro atoms. The molecule has 0 unspecified atom stereocenters.